The van der Waals surface area contributed by atoms with Gasteiger partial charge >= 0.3 is 0 Å². The van der Waals surface area contributed by atoms with E-state index in [1.54, 1.807) is 16.7 Å². The third-order valence-electron chi connectivity index (χ3n) is 5.24. The van der Waals surface area contributed by atoms with E-state index in [0.29, 0.717) is 11.3 Å². The Morgan fingerprint density at radius 1 is 1.00 bits per heavy atom. The molecule has 0 fully saturated rings. The van der Waals surface area contributed by atoms with Crippen LogP contribution in [0, 0.1) is 5.41 Å². The Kier molecular flexibility index (Phi) is 4.78. The molecule has 23 heavy (non-hydrogen) atoms. The molecule has 0 aliphatic heterocycles. The van der Waals surface area contributed by atoms with E-state index < -0.39 is 0 Å². The van der Waals surface area contributed by atoms with E-state index in [9.17, 15) is 0 Å². The molecule has 0 saturated carbocycles. The Hall–Kier alpha value is -0.950. The molecule has 2 aliphatic rings. The van der Waals surface area contributed by atoms with Gasteiger partial charge in [-0.2, -0.15) is 0 Å². The summed E-state index contributed by atoms with van der Waals surface area (Å²) in [5, 5.41) is 0. The van der Waals surface area contributed by atoms with Crippen LogP contribution in [0.3, 0.4) is 0 Å². The van der Waals surface area contributed by atoms with Gasteiger partial charge in [0.25, 0.3) is 0 Å². The zero-order valence-electron chi connectivity index (χ0n) is 14.1. The van der Waals surface area contributed by atoms with Crippen molar-refractivity contribution in [3.63, 3.8) is 0 Å². The van der Waals surface area contributed by atoms with Crippen molar-refractivity contribution < 1.29 is 25.8 Å². The average Bonchev–Trinajstić information content (AvgIpc) is 3.01. The van der Waals surface area contributed by atoms with Crippen LogP contribution >= 0.6 is 0 Å². The third kappa shape index (κ3) is 3.45. The van der Waals surface area contributed by atoms with E-state index >= 15 is 0 Å². The normalized spacial score (nSPS) is 20.0. The van der Waals surface area contributed by atoms with Gasteiger partial charge in [-0.25, -0.2) is 0 Å². The molecule has 0 N–H and O–H groups in total. The van der Waals surface area contributed by atoms with Gasteiger partial charge in [0.1, 0.15) is 0 Å². The summed E-state index contributed by atoms with van der Waals surface area (Å²) in [6.07, 6.45) is 9.61. The van der Waals surface area contributed by atoms with Gasteiger partial charge < -0.3 is 0 Å². The van der Waals surface area contributed by atoms with Gasteiger partial charge in [-0.3, -0.25) is 0 Å². The van der Waals surface area contributed by atoms with Crippen LogP contribution in [0.4, 0.5) is 0 Å². The summed E-state index contributed by atoms with van der Waals surface area (Å²) in [6.45, 7) is 4.78. The fraction of sp³-hybridized carbons (Fsp3) is 0.364. The summed E-state index contributed by atoms with van der Waals surface area (Å²) < 4.78 is 0. The predicted octanol–water partition coefficient (Wildman–Crippen LogP) is 5.55. The number of hydrogen-bond donors (Lipinski definition) is 0. The van der Waals surface area contributed by atoms with Crippen LogP contribution < -0.4 is 0 Å². The van der Waals surface area contributed by atoms with Gasteiger partial charge in [0.2, 0.25) is 0 Å². The van der Waals surface area contributed by atoms with Crippen molar-refractivity contribution >= 4 is 6.08 Å². The first-order valence-electron chi connectivity index (χ1n) is 8.49. The zero-order chi connectivity index (χ0) is 15.2. The number of aryl methyl sites for hydroxylation is 1. The van der Waals surface area contributed by atoms with Gasteiger partial charge in [0.15, 0.2) is 0 Å². The molecule has 0 aromatic heterocycles. The second-order valence-electron chi connectivity index (χ2n) is 7.76. The van der Waals surface area contributed by atoms with Crippen molar-refractivity contribution in [1.82, 2.24) is 0 Å². The van der Waals surface area contributed by atoms with Crippen molar-refractivity contribution in [2.24, 2.45) is 5.41 Å². The van der Waals surface area contributed by atoms with Crippen LogP contribution in [0.1, 0.15) is 54.0 Å². The Balaban J connectivity index is 0.00000156. The van der Waals surface area contributed by atoms with E-state index in [0.717, 1.165) is 6.42 Å². The van der Waals surface area contributed by atoms with Crippen molar-refractivity contribution in [2.75, 3.05) is 0 Å². The monoisotopic (exact) mass is 468 g/mol. The van der Waals surface area contributed by atoms with Crippen molar-refractivity contribution in [2.45, 2.75) is 45.4 Å². The van der Waals surface area contributed by atoms with Crippen molar-refractivity contribution in [3.05, 3.63) is 76.4 Å². The second-order valence-corrected chi connectivity index (χ2v) is 7.76. The third-order valence-corrected chi connectivity index (χ3v) is 5.24. The molecule has 116 valence electrons. The number of fused-ring (bicyclic) bond motifs is 2. The van der Waals surface area contributed by atoms with Gasteiger partial charge in [-0.15, -0.1) is 0 Å². The number of rotatable bonds is 3. The van der Waals surface area contributed by atoms with E-state index in [1.807, 2.05) is 0 Å². The van der Waals surface area contributed by atoms with E-state index in [-0.39, 0.29) is 25.8 Å². The second kappa shape index (κ2) is 6.51. The Bertz CT molecular complexity index is 725. The molecule has 0 nitrogen and oxygen atoms in total. The fourth-order valence-corrected chi connectivity index (χ4v) is 4.16. The Labute approximate surface area is 158 Å². The molecule has 0 spiro atoms. The zero-order valence-corrected chi connectivity index (χ0v) is 17.7. The maximum absolute atomic E-state index is 2.51. The van der Waals surface area contributed by atoms with Crippen LogP contribution in [0.2, 0.25) is 0 Å². The van der Waals surface area contributed by atoms with Crippen LogP contribution in [-0.4, -0.2) is 0 Å². The topological polar surface area (TPSA) is 0 Å². The summed E-state index contributed by atoms with van der Waals surface area (Å²) in [5.74, 6) is 0.601. The maximum atomic E-state index is 2.51. The van der Waals surface area contributed by atoms with Crippen molar-refractivity contribution in [1.29, 1.82) is 0 Å². The van der Waals surface area contributed by atoms with Gasteiger partial charge in [-0.05, 0) is 58.9 Å². The minimum atomic E-state index is 0. The van der Waals surface area contributed by atoms with Gasteiger partial charge in [0.05, 0.1) is 0 Å². The van der Waals surface area contributed by atoms with E-state index in [2.05, 4.69) is 68.5 Å². The molecule has 2 aliphatic carbocycles. The maximum Gasteiger partial charge on any atom is 0.00305 e. The Morgan fingerprint density at radius 2 is 1.70 bits per heavy atom. The minimum Gasteiger partial charge on any atom is -0.0764 e. The first-order chi connectivity index (χ1) is 10.6. The Morgan fingerprint density at radius 3 is 2.43 bits per heavy atom. The molecule has 1 unspecified atom stereocenters. The first kappa shape index (κ1) is 16.9. The quantitative estimate of drug-likeness (QED) is 0.520. The van der Waals surface area contributed by atoms with Crippen LogP contribution in [0.25, 0.3) is 6.08 Å². The minimum absolute atomic E-state index is 0. The predicted molar refractivity (Wildman–Crippen MR) is 94.2 cm³/mol. The largest absolute Gasteiger partial charge is 0.0764 e. The molecule has 0 saturated heterocycles. The van der Waals surface area contributed by atoms with E-state index in [4.69, 9.17) is 0 Å². The summed E-state index contributed by atoms with van der Waals surface area (Å²) in [4.78, 5) is 0. The molecule has 4 rings (SSSR count). The standard InChI is InChI=1S/C22H24.Hf/c1-22(2)14-19-12-18-11-10-17(21(18)13-20(19)15-22)9-8-16-6-4-3-5-7-16;/h3-7,10-13,17H,8-9,14-15H2,1-2H3;. The van der Waals surface area contributed by atoms with Crippen LogP contribution in [-0.2, 0) is 45.1 Å². The first-order valence-corrected chi connectivity index (χ1v) is 8.49. The molecule has 1 atom stereocenters. The molecule has 2 aromatic rings. The summed E-state index contributed by atoms with van der Waals surface area (Å²) in [5.41, 5.74) is 8.10. The smallest absolute Gasteiger partial charge is 0.00305 e. The molecule has 0 bridgehead atoms. The fourth-order valence-electron chi connectivity index (χ4n) is 4.16. The number of benzene rings is 2. The van der Waals surface area contributed by atoms with Gasteiger partial charge in [0, 0.05) is 31.8 Å². The SMILES string of the molecule is CC1(C)Cc2cc3c(cc2C1)C(CCc1ccccc1)C=C3.[Hf]. The molecule has 2 aromatic carbocycles. The van der Waals surface area contributed by atoms with Gasteiger partial charge in [-0.1, -0.05) is 68.5 Å². The molecule has 0 radical (unpaired) electrons. The number of hydrogen-bond acceptors (Lipinski definition) is 0. The molecular weight excluding hydrogens is 443 g/mol. The molecular formula is C22H24Hf. The van der Waals surface area contributed by atoms with Crippen LogP contribution in [0.5, 0.6) is 0 Å². The summed E-state index contributed by atoms with van der Waals surface area (Å²) in [7, 11) is 0. The van der Waals surface area contributed by atoms with Crippen LogP contribution in [0.15, 0.2) is 48.5 Å². The summed E-state index contributed by atoms with van der Waals surface area (Å²) in [6, 6.07) is 15.8. The molecule has 1 heteroatoms. The number of allylic oxidation sites excluding steroid dienone is 1. The van der Waals surface area contributed by atoms with E-state index in [1.165, 1.54) is 30.4 Å². The molecule has 0 heterocycles. The van der Waals surface area contributed by atoms with Crippen molar-refractivity contribution in [3.8, 4) is 0 Å². The summed E-state index contributed by atoms with van der Waals surface area (Å²) >= 11 is 0. The average molecular weight is 467 g/mol. The molecule has 0 amide bonds.